The SMILES string of the molecule is O=C(OC(F)(F)F)C(F)(F)Cl. The Bertz CT molecular complexity index is 158. The highest BCUT2D eigenvalue weighted by Gasteiger charge is 2.45. The summed E-state index contributed by atoms with van der Waals surface area (Å²) in [4.78, 5) is 9.66. The summed E-state index contributed by atoms with van der Waals surface area (Å²) in [6.45, 7) is 0. The van der Waals surface area contributed by atoms with E-state index in [-0.39, 0.29) is 0 Å². The van der Waals surface area contributed by atoms with E-state index in [9.17, 15) is 26.7 Å². The molecule has 0 N–H and O–H groups in total. The second-order valence-corrected chi connectivity index (χ2v) is 1.81. The Morgan fingerprint density at radius 1 is 1.18 bits per heavy atom. The van der Waals surface area contributed by atoms with E-state index in [1.54, 1.807) is 0 Å². The first-order valence-corrected chi connectivity index (χ1v) is 2.37. The number of hydrogen-bond donors (Lipinski definition) is 0. The van der Waals surface area contributed by atoms with Crippen LogP contribution >= 0.6 is 11.6 Å². The third kappa shape index (κ3) is 4.77. The van der Waals surface area contributed by atoms with Crippen LogP contribution in [0, 0.1) is 0 Å². The van der Waals surface area contributed by atoms with Gasteiger partial charge >= 0.3 is 17.7 Å². The van der Waals surface area contributed by atoms with E-state index in [1.165, 1.54) is 0 Å². The third-order valence-electron chi connectivity index (χ3n) is 0.440. The average Bonchev–Trinajstić information content (AvgIpc) is 1.56. The standard InChI is InChI=1S/C3ClF5O2/c4-2(5,6)1(10)11-3(7,8)9. The Kier molecular flexibility index (Phi) is 2.65. The smallest absolute Gasteiger partial charge is 0.367 e. The summed E-state index contributed by atoms with van der Waals surface area (Å²) in [7, 11) is 0. The second-order valence-electron chi connectivity index (χ2n) is 1.33. The van der Waals surface area contributed by atoms with Crippen molar-refractivity contribution in [3.63, 3.8) is 0 Å². The number of hydrogen-bond acceptors (Lipinski definition) is 2. The first-order valence-electron chi connectivity index (χ1n) is 2.00. The van der Waals surface area contributed by atoms with E-state index in [4.69, 9.17) is 0 Å². The van der Waals surface area contributed by atoms with Gasteiger partial charge in [-0.1, -0.05) is 0 Å². The molecule has 0 aromatic rings. The van der Waals surface area contributed by atoms with Crippen molar-refractivity contribution in [1.82, 2.24) is 0 Å². The Morgan fingerprint density at radius 3 is 1.64 bits per heavy atom. The maximum atomic E-state index is 11.4. The number of alkyl halides is 6. The normalized spacial score (nSPS) is 12.9. The fourth-order valence-corrected chi connectivity index (χ4v) is 0.202. The van der Waals surface area contributed by atoms with Crippen LogP contribution < -0.4 is 0 Å². The molecule has 0 bridgehead atoms. The quantitative estimate of drug-likeness (QED) is 0.365. The van der Waals surface area contributed by atoms with Gasteiger partial charge in [-0.05, 0) is 11.6 Å². The molecule has 0 aliphatic heterocycles. The zero-order chi connectivity index (χ0) is 9.28. The molecule has 66 valence electrons. The zero-order valence-electron chi connectivity index (χ0n) is 4.58. The maximum absolute atomic E-state index is 11.4. The summed E-state index contributed by atoms with van der Waals surface area (Å²) in [5.74, 6) is -2.84. The lowest BCUT2D eigenvalue weighted by Crippen LogP contribution is -2.30. The van der Waals surface area contributed by atoms with Crippen LogP contribution in [0.2, 0.25) is 0 Å². The molecular formula is C3ClF5O2. The summed E-state index contributed by atoms with van der Waals surface area (Å²) >= 11 is 3.88. The highest BCUT2D eigenvalue weighted by Crippen LogP contribution is 2.25. The zero-order valence-corrected chi connectivity index (χ0v) is 5.34. The van der Waals surface area contributed by atoms with Gasteiger partial charge in [0.15, 0.2) is 0 Å². The number of esters is 1. The lowest BCUT2D eigenvalue weighted by atomic mass is 10.7. The van der Waals surface area contributed by atoms with Crippen molar-refractivity contribution < 1.29 is 31.5 Å². The summed E-state index contributed by atoms with van der Waals surface area (Å²) in [6.07, 6.45) is -5.44. The van der Waals surface area contributed by atoms with Crippen molar-refractivity contribution in [2.45, 2.75) is 11.7 Å². The number of carbonyl (C=O) groups excluding carboxylic acids is 1. The Hall–Kier alpha value is -0.590. The van der Waals surface area contributed by atoms with E-state index in [0.29, 0.717) is 0 Å². The van der Waals surface area contributed by atoms with Gasteiger partial charge in [0.2, 0.25) is 0 Å². The third-order valence-corrected chi connectivity index (χ3v) is 0.594. The van der Waals surface area contributed by atoms with Crippen LogP contribution in [0.3, 0.4) is 0 Å². The molecule has 0 rings (SSSR count). The molecule has 0 aliphatic carbocycles. The van der Waals surface area contributed by atoms with Crippen LogP contribution in [0.5, 0.6) is 0 Å². The molecule has 8 heteroatoms. The van der Waals surface area contributed by atoms with Gasteiger partial charge in [-0.2, -0.15) is 8.78 Å². The maximum Gasteiger partial charge on any atom is 0.575 e. The molecular weight excluding hydrogens is 198 g/mol. The number of ether oxygens (including phenoxy) is 1. The highest BCUT2D eigenvalue weighted by molar-refractivity contribution is 6.31. The van der Waals surface area contributed by atoms with Crippen LogP contribution in [0.4, 0.5) is 22.0 Å². The molecule has 0 radical (unpaired) electrons. The van der Waals surface area contributed by atoms with E-state index in [2.05, 4.69) is 16.3 Å². The molecule has 0 aromatic heterocycles. The van der Waals surface area contributed by atoms with E-state index in [0.717, 1.165) is 0 Å². The van der Waals surface area contributed by atoms with Crippen molar-refractivity contribution in [2.24, 2.45) is 0 Å². The van der Waals surface area contributed by atoms with Gasteiger partial charge in [-0.15, -0.1) is 13.2 Å². The number of carbonyl (C=O) groups is 1. The molecule has 0 heterocycles. The predicted octanol–water partition coefficient (Wildman–Crippen LogP) is 1.88. The lowest BCUT2D eigenvalue weighted by Gasteiger charge is -2.09. The van der Waals surface area contributed by atoms with Crippen LogP contribution in [-0.4, -0.2) is 17.7 Å². The van der Waals surface area contributed by atoms with Gasteiger partial charge in [-0.3, -0.25) is 0 Å². The first-order chi connectivity index (χ1) is 4.63. The van der Waals surface area contributed by atoms with Crippen LogP contribution in [0.25, 0.3) is 0 Å². The van der Waals surface area contributed by atoms with Crippen LogP contribution in [0.1, 0.15) is 0 Å². The van der Waals surface area contributed by atoms with Gasteiger partial charge < -0.3 is 4.74 Å². The molecule has 0 amide bonds. The molecule has 0 fully saturated rings. The van der Waals surface area contributed by atoms with Crippen LogP contribution in [0.15, 0.2) is 0 Å². The largest absolute Gasteiger partial charge is 0.575 e. The van der Waals surface area contributed by atoms with E-state index >= 15 is 0 Å². The van der Waals surface area contributed by atoms with E-state index < -0.39 is 17.7 Å². The van der Waals surface area contributed by atoms with E-state index in [1.807, 2.05) is 0 Å². The first kappa shape index (κ1) is 10.4. The Morgan fingerprint density at radius 2 is 1.55 bits per heavy atom. The van der Waals surface area contributed by atoms with Crippen molar-refractivity contribution in [3.05, 3.63) is 0 Å². The molecule has 0 spiro atoms. The molecule has 11 heavy (non-hydrogen) atoms. The number of halogens is 6. The van der Waals surface area contributed by atoms with Crippen molar-refractivity contribution in [1.29, 1.82) is 0 Å². The second kappa shape index (κ2) is 2.80. The van der Waals surface area contributed by atoms with Gasteiger partial charge in [0, 0.05) is 0 Å². The monoisotopic (exact) mass is 198 g/mol. The molecule has 0 aromatic carbocycles. The fraction of sp³-hybridized carbons (Fsp3) is 0.667. The molecule has 2 nitrogen and oxygen atoms in total. The van der Waals surface area contributed by atoms with Crippen molar-refractivity contribution in [2.75, 3.05) is 0 Å². The summed E-state index contributed by atoms with van der Waals surface area (Å²) in [6, 6.07) is 0. The Balaban J connectivity index is 4.11. The van der Waals surface area contributed by atoms with Crippen molar-refractivity contribution in [3.8, 4) is 0 Å². The topological polar surface area (TPSA) is 26.3 Å². The summed E-state index contributed by atoms with van der Waals surface area (Å²) < 4.78 is 58.2. The highest BCUT2D eigenvalue weighted by atomic mass is 35.5. The Labute approximate surface area is 61.9 Å². The minimum absolute atomic E-state index is 2.28. The minimum atomic E-state index is -5.44. The molecule has 0 unspecified atom stereocenters. The average molecular weight is 198 g/mol. The van der Waals surface area contributed by atoms with Gasteiger partial charge in [-0.25, -0.2) is 4.79 Å². The lowest BCUT2D eigenvalue weighted by molar-refractivity contribution is -0.311. The fourth-order valence-electron chi connectivity index (χ4n) is 0.163. The molecule has 0 atom stereocenters. The predicted molar refractivity (Wildman–Crippen MR) is 22.9 cm³/mol. The van der Waals surface area contributed by atoms with Gasteiger partial charge in [0.05, 0.1) is 0 Å². The van der Waals surface area contributed by atoms with Gasteiger partial charge in [0.25, 0.3) is 0 Å². The summed E-state index contributed by atoms with van der Waals surface area (Å²) in [5.41, 5.74) is 0. The van der Waals surface area contributed by atoms with Gasteiger partial charge in [0.1, 0.15) is 0 Å². The number of rotatable bonds is 1. The molecule has 0 saturated heterocycles. The summed E-state index contributed by atoms with van der Waals surface area (Å²) in [5, 5.41) is -4.64. The van der Waals surface area contributed by atoms with Crippen LogP contribution in [-0.2, 0) is 9.53 Å². The molecule has 0 saturated carbocycles. The van der Waals surface area contributed by atoms with Crippen molar-refractivity contribution >= 4 is 17.6 Å². The minimum Gasteiger partial charge on any atom is -0.367 e. The molecule has 0 aliphatic rings.